The summed E-state index contributed by atoms with van der Waals surface area (Å²) in [6, 6.07) is 23.2. The van der Waals surface area contributed by atoms with Crippen LogP contribution in [0.2, 0.25) is 0 Å². The Labute approximate surface area is 131 Å². The van der Waals surface area contributed by atoms with Crippen LogP contribution in [-0.2, 0) is 6.42 Å². The van der Waals surface area contributed by atoms with Gasteiger partial charge in [-0.1, -0.05) is 42.5 Å². The molecule has 2 nitrogen and oxygen atoms in total. The van der Waals surface area contributed by atoms with Crippen molar-refractivity contribution in [2.75, 3.05) is 18.5 Å². The summed E-state index contributed by atoms with van der Waals surface area (Å²) in [4.78, 5) is 0. The third-order valence-corrected chi connectivity index (χ3v) is 3.77. The van der Waals surface area contributed by atoms with Gasteiger partial charge in [-0.3, -0.25) is 0 Å². The van der Waals surface area contributed by atoms with Gasteiger partial charge in [-0.2, -0.15) is 0 Å². The fraction of sp³-hybridized carbons (Fsp3) is 0.200. The van der Waals surface area contributed by atoms with Crippen LogP contribution in [0.5, 0.6) is 5.75 Å². The molecule has 0 radical (unpaired) electrons. The van der Waals surface area contributed by atoms with Crippen LogP contribution in [0.15, 0.2) is 66.7 Å². The minimum Gasteiger partial charge on any atom is -0.494 e. The molecular weight excluding hydrogens is 270 g/mol. The molecule has 0 fully saturated rings. The first kappa shape index (κ1) is 14.5. The maximum absolute atomic E-state index is 5.46. The van der Waals surface area contributed by atoms with E-state index in [4.69, 9.17) is 4.74 Å². The monoisotopic (exact) mass is 291 g/mol. The quantitative estimate of drug-likeness (QED) is 0.698. The van der Waals surface area contributed by atoms with Crippen LogP contribution < -0.4 is 10.1 Å². The molecule has 3 aromatic carbocycles. The first-order valence-electron chi connectivity index (χ1n) is 7.80. The van der Waals surface area contributed by atoms with Crippen LogP contribution in [0.25, 0.3) is 10.8 Å². The van der Waals surface area contributed by atoms with E-state index in [1.165, 1.54) is 16.3 Å². The highest BCUT2D eigenvalue weighted by molar-refractivity contribution is 5.85. The Morgan fingerprint density at radius 3 is 2.45 bits per heavy atom. The van der Waals surface area contributed by atoms with Crippen molar-refractivity contribution in [2.24, 2.45) is 0 Å². The van der Waals surface area contributed by atoms with Gasteiger partial charge in [-0.05, 0) is 53.9 Å². The zero-order chi connectivity index (χ0) is 15.2. The summed E-state index contributed by atoms with van der Waals surface area (Å²) in [6.07, 6.45) is 1.01. The van der Waals surface area contributed by atoms with E-state index in [2.05, 4.69) is 59.9 Å². The van der Waals surface area contributed by atoms with Crippen molar-refractivity contribution in [3.8, 4) is 5.75 Å². The smallest absolute Gasteiger partial charge is 0.119 e. The van der Waals surface area contributed by atoms with Gasteiger partial charge in [0.1, 0.15) is 5.75 Å². The van der Waals surface area contributed by atoms with E-state index in [1.807, 2.05) is 19.1 Å². The van der Waals surface area contributed by atoms with E-state index in [1.54, 1.807) is 0 Å². The average Bonchev–Trinajstić information content (AvgIpc) is 2.57. The van der Waals surface area contributed by atoms with E-state index < -0.39 is 0 Å². The Kier molecular flexibility index (Phi) is 4.59. The normalized spacial score (nSPS) is 10.6. The third kappa shape index (κ3) is 3.40. The second-order valence-corrected chi connectivity index (χ2v) is 5.27. The predicted octanol–water partition coefficient (Wildman–Crippen LogP) is 4.89. The van der Waals surface area contributed by atoms with Gasteiger partial charge in [0.05, 0.1) is 6.61 Å². The molecule has 2 heteroatoms. The molecule has 3 aromatic rings. The molecule has 3 rings (SSSR count). The fourth-order valence-electron chi connectivity index (χ4n) is 2.69. The van der Waals surface area contributed by atoms with Gasteiger partial charge in [0.25, 0.3) is 0 Å². The number of ether oxygens (including phenoxy) is 1. The lowest BCUT2D eigenvalue weighted by Crippen LogP contribution is -2.05. The lowest BCUT2D eigenvalue weighted by molar-refractivity contribution is 0.340. The molecule has 0 unspecified atom stereocenters. The van der Waals surface area contributed by atoms with Gasteiger partial charge in [0.15, 0.2) is 0 Å². The number of nitrogens with one attached hydrogen (secondary N) is 1. The molecule has 0 spiro atoms. The molecule has 0 aliphatic carbocycles. The molecular formula is C20H21NO. The van der Waals surface area contributed by atoms with Crippen molar-refractivity contribution >= 4 is 16.5 Å². The summed E-state index contributed by atoms with van der Waals surface area (Å²) >= 11 is 0. The van der Waals surface area contributed by atoms with Crippen LogP contribution in [0.4, 0.5) is 5.69 Å². The number of rotatable bonds is 6. The third-order valence-electron chi connectivity index (χ3n) is 3.77. The SMILES string of the molecule is CCOc1ccc(NCCc2cccc3ccccc23)cc1. The van der Waals surface area contributed by atoms with Crippen molar-refractivity contribution in [3.63, 3.8) is 0 Å². The molecule has 0 aliphatic heterocycles. The Morgan fingerprint density at radius 1 is 0.864 bits per heavy atom. The van der Waals surface area contributed by atoms with Crippen molar-refractivity contribution < 1.29 is 4.74 Å². The summed E-state index contributed by atoms with van der Waals surface area (Å²) < 4.78 is 5.46. The summed E-state index contributed by atoms with van der Waals surface area (Å²) in [7, 11) is 0. The van der Waals surface area contributed by atoms with Gasteiger partial charge < -0.3 is 10.1 Å². The summed E-state index contributed by atoms with van der Waals surface area (Å²) in [5.74, 6) is 0.919. The Bertz CT molecular complexity index is 729. The minimum atomic E-state index is 0.702. The predicted molar refractivity (Wildman–Crippen MR) is 93.8 cm³/mol. The number of benzene rings is 3. The first-order valence-corrected chi connectivity index (χ1v) is 7.80. The number of hydrogen-bond donors (Lipinski definition) is 1. The lowest BCUT2D eigenvalue weighted by atomic mass is 10.0. The van der Waals surface area contributed by atoms with Crippen LogP contribution in [0.3, 0.4) is 0 Å². The van der Waals surface area contributed by atoms with Crippen LogP contribution in [-0.4, -0.2) is 13.2 Å². The molecule has 0 saturated carbocycles. The lowest BCUT2D eigenvalue weighted by Gasteiger charge is -2.10. The minimum absolute atomic E-state index is 0.702. The maximum atomic E-state index is 5.46. The van der Waals surface area contributed by atoms with E-state index in [0.29, 0.717) is 6.61 Å². The highest BCUT2D eigenvalue weighted by atomic mass is 16.5. The van der Waals surface area contributed by atoms with Gasteiger partial charge >= 0.3 is 0 Å². The van der Waals surface area contributed by atoms with Gasteiger partial charge in [0.2, 0.25) is 0 Å². The topological polar surface area (TPSA) is 21.3 Å². The number of hydrogen-bond acceptors (Lipinski definition) is 2. The average molecular weight is 291 g/mol. The van der Waals surface area contributed by atoms with Crippen molar-refractivity contribution in [2.45, 2.75) is 13.3 Å². The zero-order valence-electron chi connectivity index (χ0n) is 12.9. The fourth-order valence-corrected chi connectivity index (χ4v) is 2.69. The molecule has 1 N–H and O–H groups in total. The van der Waals surface area contributed by atoms with Crippen LogP contribution in [0.1, 0.15) is 12.5 Å². The molecule has 112 valence electrons. The first-order chi connectivity index (χ1) is 10.9. The van der Waals surface area contributed by atoms with E-state index in [0.717, 1.165) is 24.4 Å². The van der Waals surface area contributed by atoms with Gasteiger partial charge in [0, 0.05) is 12.2 Å². The Balaban J connectivity index is 1.62. The molecule has 0 amide bonds. The molecule has 0 aliphatic rings. The molecule has 0 heterocycles. The van der Waals surface area contributed by atoms with Crippen molar-refractivity contribution in [3.05, 3.63) is 72.3 Å². The van der Waals surface area contributed by atoms with Crippen molar-refractivity contribution in [1.29, 1.82) is 0 Å². The number of fused-ring (bicyclic) bond motifs is 1. The van der Waals surface area contributed by atoms with Crippen LogP contribution in [0, 0.1) is 0 Å². The second kappa shape index (κ2) is 6.99. The summed E-state index contributed by atoms with van der Waals surface area (Å²) in [5.41, 5.74) is 2.51. The number of anilines is 1. The summed E-state index contributed by atoms with van der Waals surface area (Å²) in [6.45, 7) is 3.62. The molecule has 0 bridgehead atoms. The zero-order valence-corrected chi connectivity index (χ0v) is 12.9. The highest BCUT2D eigenvalue weighted by Crippen LogP contribution is 2.19. The second-order valence-electron chi connectivity index (χ2n) is 5.27. The maximum Gasteiger partial charge on any atom is 0.119 e. The Hall–Kier alpha value is -2.48. The van der Waals surface area contributed by atoms with Gasteiger partial charge in [-0.15, -0.1) is 0 Å². The molecule has 22 heavy (non-hydrogen) atoms. The molecule has 0 saturated heterocycles. The highest BCUT2D eigenvalue weighted by Gasteiger charge is 2.00. The van der Waals surface area contributed by atoms with Gasteiger partial charge in [-0.25, -0.2) is 0 Å². The Morgan fingerprint density at radius 2 is 1.64 bits per heavy atom. The summed E-state index contributed by atoms with van der Waals surface area (Å²) in [5, 5.41) is 6.12. The van der Waals surface area contributed by atoms with E-state index >= 15 is 0 Å². The van der Waals surface area contributed by atoms with E-state index in [-0.39, 0.29) is 0 Å². The van der Waals surface area contributed by atoms with Crippen molar-refractivity contribution in [1.82, 2.24) is 0 Å². The van der Waals surface area contributed by atoms with Crippen LogP contribution >= 0.6 is 0 Å². The molecule has 0 aromatic heterocycles. The largest absolute Gasteiger partial charge is 0.494 e. The molecule has 0 atom stereocenters. The van der Waals surface area contributed by atoms with E-state index in [9.17, 15) is 0 Å². The standard InChI is InChI=1S/C20H21NO/c1-2-22-19-12-10-18(11-13-19)21-15-14-17-8-5-7-16-6-3-4-9-20(16)17/h3-13,21H,2,14-15H2,1H3.